The molecule has 0 spiro atoms. The molecule has 0 bridgehead atoms. The van der Waals surface area contributed by atoms with E-state index in [0.29, 0.717) is 18.8 Å². The molecule has 0 aromatic heterocycles. The SMILES string of the molecule is CCN(CC(=O)NC(C)C)Cc1cc(N)cc(OC)c1. The number of amides is 1. The van der Waals surface area contributed by atoms with Crippen molar-refractivity contribution in [1.29, 1.82) is 0 Å². The minimum atomic E-state index is 0.0396. The number of carbonyl (C=O) groups excluding carboxylic acids is 1. The highest BCUT2D eigenvalue weighted by molar-refractivity contribution is 5.78. The van der Waals surface area contributed by atoms with Crippen LogP contribution in [0.2, 0.25) is 0 Å². The molecule has 0 aliphatic rings. The third-order valence-corrected chi connectivity index (χ3v) is 2.89. The van der Waals surface area contributed by atoms with Gasteiger partial charge in [-0.3, -0.25) is 9.69 Å². The number of methoxy groups -OCH3 is 1. The molecule has 1 rings (SSSR count). The van der Waals surface area contributed by atoms with Gasteiger partial charge in [0.15, 0.2) is 0 Å². The zero-order chi connectivity index (χ0) is 15.1. The van der Waals surface area contributed by atoms with E-state index in [0.717, 1.165) is 17.9 Å². The molecule has 0 saturated heterocycles. The second kappa shape index (κ2) is 7.75. The quantitative estimate of drug-likeness (QED) is 0.744. The molecule has 0 fully saturated rings. The molecule has 1 aromatic carbocycles. The Bertz CT molecular complexity index is 447. The van der Waals surface area contributed by atoms with Gasteiger partial charge in [0.05, 0.1) is 13.7 Å². The fraction of sp³-hybridized carbons (Fsp3) is 0.533. The van der Waals surface area contributed by atoms with Gasteiger partial charge in [-0.15, -0.1) is 0 Å². The van der Waals surface area contributed by atoms with Crippen LogP contribution in [0.25, 0.3) is 0 Å². The monoisotopic (exact) mass is 279 g/mol. The van der Waals surface area contributed by atoms with Gasteiger partial charge in [-0.05, 0) is 38.1 Å². The van der Waals surface area contributed by atoms with Crippen molar-refractivity contribution in [2.45, 2.75) is 33.4 Å². The second-order valence-electron chi connectivity index (χ2n) is 5.14. The van der Waals surface area contributed by atoms with Crippen molar-refractivity contribution < 1.29 is 9.53 Å². The number of ether oxygens (including phenoxy) is 1. The standard InChI is InChI=1S/C15H25N3O2/c1-5-18(10-15(19)17-11(2)3)9-12-6-13(16)8-14(7-12)20-4/h6-8,11H,5,9-10,16H2,1-4H3,(H,17,19). The highest BCUT2D eigenvalue weighted by Crippen LogP contribution is 2.19. The molecule has 0 unspecified atom stereocenters. The van der Waals surface area contributed by atoms with Crippen molar-refractivity contribution in [3.8, 4) is 5.75 Å². The minimum absolute atomic E-state index is 0.0396. The highest BCUT2D eigenvalue weighted by Gasteiger charge is 2.11. The van der Waals surface area contributed by atoms with Gasteiger partial charge < -0.3 is 15.8 Å². The highest BCUT2D eigenvalue weighted by atomic mass is 16.5. The summed E-state index contributed by atoms with van der Waals surface area (Å²) in [4.78, 5) is 13.9. The number of rotatable bonds is 7. The molecule has 0 aliphatic carbocycles. The van der Waals surface area contributed by atoms with Gasteiger partial charge >= 0.3 is 0 Å². The maximum absolute atomic E-state index is 11.8. The normalized spacial score (nSPS) is 10.9. The van der Waals surface area contributed by atoms with E-state index < -0.39 is 0 Å². The van der Waals surface area contributed by atoms with Crippen LogP contribution in [0.15, 0.2) is 18.2 Å². The second-order valence-corrected chi connectivity index (χ2v) is 5.14. The van der Waals surface area contributed by atoms with Crippen molar-refractivity contribution >= 4 is 11.6 Å². The summed E-state index contributed by atoms with van der Waals surface area (Å²) < 4.78 is 5.21. The largest absolute Gasteiger partial charge is 0.497 e. The zero-order valence-electron chi connectivity index (χ0n) is 12.8. The van der Waals surface area contributed by atoms with Crippen LogP contribution >= 0.6 is 0 Å². The molecule has 3 N–H and O–H groups in total. The lowest BCUT2D eigenvalue weighted by molar-refractivity contribution is -0.122. The molecule has 112 valence electrons. The third kappa shape index (κ3) is 5.48. The smallest absolute Gasteiger partial charge is 0.234 e. The topological polar surface area (TPSA) is 67.6 Å². The first-order chi connectivity index (χ1) is 9.44. The molecule has 0 heterocycles. The van der Waals surface area contributed by atoms with Gasteiger partial charge in [0.2, 0.25) is 5.91 Å². The van der Waals surface area contributed by atoms with E-state index in [4.69, 9.17) is 10.5 Å². The van der Waals surface area contributed by atoms with Crippen LogP contribution in [0.3, 0.4) is 0 Å². The molecule has 1 aromatic rings. The molecule has 5 heteroatoms. The average Bonchev–Trinajstić information content (AvgIpc) is 2.36. The first kappa shape index (κ1) is 16.3. The van der Waals surface area contributed by atoms with Crippen molar-refractivity contribution in [3.05, 3.63) is 23.8 Å². The minimum Gasteiger partial charge on any atom is -0.497 e. The Hall–Kier alpha value is -1.75. The first-order valence-corrected chi connectivity index (χ1v) is 6.89. The molecule has 0 radical (unpaired) electrons. The van der Waals surface area contributed by atoms with E-state index in [1.165, 1.54) is 0 Å². The molecule has 0 saturated carbocycles. The van der Waals surface area contributed by atoms with Gasteiger partial charge in [-0.2, -0.15) is 0 Å². The maximum atomic E-state index is 11.8. The number of nitrogens with one attached hydrogen (secondary N) is 1. The number of nitrogens with zero attached hydrogens (tertiary/aromatic N) is 1. The Balaban J connectivity index is 2.68. The number of likely N-dealkylation sites (N-methyl/N-ethyl adjacent to an activating group) is 1. The lowest BCUT2D eigenvalue weighted by Gasteiger charge is -2.21. The molecule has 0 atom stereocenters. The van der Waals surface area contributed by atoms with Crippen LogP contribution in [0.4, 0.5) is 5.69 Å². The Kier molecular flexibility index (Phi) is 6.31. The number of hydrogen-bond acceptors (Lipinski definition) is 4. The fourth-order valence-corrected chi connectivity index (χ4v) is 2.00. The van der Waals surface area contributed by atoms with E-state index in [-0.39, 0.29) is 11.9 Å². The number of hydrogen-bond donors (Lipinski definition) is 2. The van der Waals surface area contributed by atoms with Gasteiger partial charge in [-0.25, -0.2) is 0 Å². The van der Waals surface area contributed by atoms with E-state index in [9.17, 15) is 4.79 Å². The van der Waals surface area contributed by atoms with Crippen molar-refractivity contribution in [2.24, 2.45) is 0 Å². The van der Waals surface area contributed by atoms with E-state index in [2.05, 4.69) is 10.2 Å². The Morgan fingerprint density at radius 2 is 2.10 bits per heavy atom. The summed E-state index contributed by atoms with van der Waals surface area (Å²) in [6.07, 6.45) is 0. The lowest BCUT2D eigenvalue weighted by atomic mass is 10.1. The third-order valence-electron chi connectivity index (χ3n) is 2.89. The van der Waals surface area contributed by atoms with Crippen LogP contribution in [0.5, 0.6) is 5.75 Å². The van der Waals surface area contributed by atoms with Crippen LogP contribution in [0, 0.1) is 0 Å². The molecular weight excluding hydrogens is 254 g/mol. The maximum Gasteiger partial charge on any atom is 0.234 e. The zero-order valence-corrected chi connectivity index (χ0v) is 12.8. The number of nitrogen functional groups attached to an aromatic ring is 1. The summed E-state index contributed by atoms with van der Waals surface area (Å²) in [5, 5.41) is 2.90. The fourth-order valence-electron chi connectivity index (χ4n) is 2.00. The van der Waals surface area contributed by atoms with Gasteiger partial charge in [0.25, 0.3) is 0 Å². The molecule has 20 heavy (non-hydrogen) atoms. The number of carbonyl (C=O) groups is 1. The number of anilines is 1. The predicted octanol–water partition coefficient (Wildman–Crippen LogP) is 1.62. The predicted molar refractivity (Wildman–Crippen MR) is 81.6 cm³/mol. The first-order valence-electron chi connectivity index (χ1n) is 6.89. The summed E-state index contributed by atoms with van der Waals surface area (Å²) in [6, 6.07) is 5.80. The number of nitrogens with two attached hydrogens (primary N) is 1. The van der Waals surface area contributed by atoms with Crippen LogP contribution < -0.4 is 15.8 Å². The molecular formula is C15H25N3O2. The molecule has 0 aliphatic heterocycles. The Morgan fingerprint density at radius 1 is 1.40 bits per heavy atom. The lowest BCUT2D eigenvalue weighted by Crippen LogP contribution is -2.39. The summed E-state index contributed by atoms with van der Waals surface area (Å²) in [5.74, 6) is 0.778. The van der Waals surface area contributed by atoms with E-state index in [1.54, 1.807) is 13.2 Å². The average molecular weight is 279 g/mol. The Morgan fingerprint density at radius 3 is 2.65 bits per heavy atom. The summed E-state index contributed by atoms with van der Waals surface area (Å²) in [7, 11) is 1.62. The van der Waals surface area contributed by atoms with Crippen LogP contribution in [-0.4, -0.2) is 37.0 Å². The molecule has 1 amide bonds. The Labute approximate surface area is 121 Å². The summed E-state index contributed by atoms with van der Waals surface area (Å²) in [5.41, 5.74) is 7.55. The van der Waals surface area contributed by atoms with Gasteiger partial charge in [0.1, 0.15) is 5.75 Å². The van der Waals surface area contributed by atoms with Crippen molar-refractivity contribution in [2.75, 3.05) is 25.9 Å². The van der Waals surface area contributed by atoms with Crippen LogP contribution in [0.1, 0.15) is 26.3 Å². The van der Waals surface area contributed by atoms with E-state index in [1.807, 2.05) is 32.9 Å². The van der Waals surface area contributed by atoms with Crippen LogP contribution in [-0.2, 0) is 11.3 Å². The van der Waals surface area contributed by atoms with Crippen molar-refractivity contribution in [1.82, 2.24) is 10.2 Å². The number of benzene rings is 1. The van der Waals surface area contributed by atoms with E-state index >= 15 is 0 Å². The molecule has 5 nitrogen and oxygen atoms in total. The van der Waals surface area contributed by atoms with Gasteiger partial charge in [-0.1, -0.05) is 6.92 Å². The van der Waals surface area contributed by atoms with Crippen molar-refractivity contribution in [3.63, 3.8) is 0 Å². The summed E-state index contributed by atoms with van der Waals surface area (Å²) >= 11 is 0. The van der Waals surface area contributed by atoms with Gasteiger partial charge in [0, 0.05) is 24.3 Å². The summed E-state index contributed by atoms with van der Waals surface area (Å²) in [6.45, 7) is 7.79.